The quantitative estimate of drug-likeness (QED) is 0.746. The zero-order valence-electron chi connectivity index (χ0n) is 15.9. The minimum Gasteiger partial charge on any atom is -0.365 e. The molecular formula is C20H24N6O. The van der Waals surface area contributed by atoms with E-state index in [1.54, 1.807) is 13.1 Å². The molecule has 0 radical (unpaired) electrons. The summed E-state index contributed by atoms with van der Waals surface area (Å²) in [5.41, 5.74) is 5.38. The molecule has 0 aromatic carbocycles. The Labute approximate surface area is 158 Å². The van der Waals surface area contributed by atoms with E-state index in [9.17, 15) is 4.79 Å². The average molecular weight is 364 g/mol. The molecule has 0 saturated carbocycles. The van der Waals surface area contributed by atoms with Crippen LogP contribution in [0.4, 0.5) is 5.82 Å². The topological polar surface area (TPSA) is 86.8 Å². The molecule has 1 aliphatic rings. The zero-order valence-corrected chi connectivity index (χ0v) is 15.9. The van der Waals surface area contributed by atoms with E-state index in [1.165, 1.54) is 0 Å². The van der Waals surface area contributed by atoms with Crippen LogP contribution in [0.2, 0.25) is 0 Å². The van der Waals surface area contributed by atoms with Crippen molar-refractivity contribution in [3.63, 3.8) is 0 Å². The molecule has 4 heterocycles. The number of aryl methyl sites for hydroxylation is 2. The third kappa shape index (κ3) is 3.49. The van der Waals surface area contributed by atoms with Crippen LogP contribution in [0.25, 0.3) is 22.4 Å². The van der Waals surface area contributed by atoms with Crippen LogP contribution in [0.15, 0.2) is 24.5 Å². The Balaban J connectivity index is 1.67. The molecule has 0 spiro atoms. The molecule has 1 atom stereocenters. The second kappa shape index (κ2) is 6.98. The van der Waals surface area contributed by atoms with E-state index in [2.05, 4.69) is 15.3 Å². The van der Waals surface area contributed by atoms with Crippen LogP contribution in [0.3, 0.4) is 0 Å². The number of carbonyl (C=O) groups excluding carboxylic acids is 1. The van der Waals surface area contributed by atoms with E-state index in [1.807, 2.05) is 37.1 Å². The Bertz CT molecular complexity index is 995. The van der Waals surface area contributed by atoms with Gasteiger partial charge in [0.15, 0.2) is 5.65 Å². The second-order valence-electron chi connectivity index (χ2n) is 7.22. The van der Waals surface area contributed by atoms with E-state index < -0.39 is 0 Å². The molecule has 7 heteroatoms. The maximum Gasteiger partial charge on any atom is 0.219 e. The van der Waals surface area contributed by atoms with Crippen molar-refractivity contribution in [1.82, 2.24) is 24.8 Å². The number of rotatable bonds is 3. The van der Waals surface area contributed by atoms with Gasteiger partial charge in [0.25, 0.3) is 0 Å². The number of nitrogens with one attached hydrogen (secondary N) is 2. The van der Waals surface area contributed by atoms with Gasteiger partial charge in [0.2, 0.25) is 5.91 Å². The van der Waals surface area contributed by atoms with E-state index >= 15 is 0 Å². The van der Waals surface area contributed by atoms with Gasteiger partial charge in [-0.1, -0.05) is 0 Å². The first kappa shape index (κ1) is 17.5. The zero-order chi connectivity index (χ0) is 19.0. The maximum atomic E-state index is 11.7. The molecule has 0 bridgehead atoms. The third-order valence-corrected chi connectivity index (χ3v) is 5.09. The number of H-pyrrole nitrogens is 1. The Kier molecular flexibility index (Phi) is 4.51. The van der Waals surface area contributed by atoms with Crippen molar-refractivity contribution in [3.8, 4) is 11.3 Å². The van der Waals surface area contributed by atoms with Gasteiger partial charge in [0.05, 0.1) is 11.9 Å². The van der Waals surface area contributed by atoms with Crippen molar-refractivity contribution in [2.24, 2.45) is 0 Å². The number of hydrogen-bond donors (Lipinski definition) is 2. The summed E-state index contributed by atoms with van der Waals surface area (Å²) in [6.07, 6.45) is 5.70. The highest BCUT2D eigenvalue weighted by Crippen LogP contribution is 2.28. The molecule has 4 rings (SSSR count). The van der Waals surface area contributed by atoms with Gasteiger partial charge in [-0.25, -0.2) is 15.0 Å². The summed E-state index contributed by atoms with van der Waals surface area (Å²) in [5, 5.41) is 3.55. The first-order chi connectivity index (χ1) is 13.0. The van der Waals surface area contributed by atoms with Crippen molar-refractivity contribution < 1.29 is 4.79 Å². The first-order valence-electron chi connectivity index (χ1n) is 9.32. The van der Waals surface area contributed by atoms with E-state index in [0.717, 1.165) is 58.9 Å². The van der Waals surface area contributed by atoms with Crippen LogP contribution in [0.1, 0.15) is 31.0 Å². The fourth-order valence-corrected chi connectivity index (χ4v) is 3.59. The van der Waals surface area contributed by atoms with Gasteiger partial charge in [0, 0.05) is 43.5 Å². The van der Waals surface area contributed by atoms with Crippen molar-refractivity contribution in [1.29, 1.82) is 0 Å². The smallest absolute Gasteiger partial charge is 0.219 e. The Morgan fingerprint density at radius 1 is 1.30 bits per heavy atom. The van der Waals surface area contributed by atoms with Crippen LogP contribution in [-0.2, 0) is 4.79 Å². The monoisotopic (exact) mass is 364 g/mol. The van der Waals surface area contributed by atoms with Crippen molar-refractivity contribution in [2.45, 2.75) is 39.7 Å². The minimum atomic E-state index is 0.123. The Morgan fingerprint density at radius 3 is 2.96 bits per heavy atom. The standard InChI is InChI=1S/C20H24N6O/c1-12-9-21-20-18(12)25-17(10-22-20)16-7-6-13(2)23-19(16)24-15-5-4-8-26(11-15)14(3)27/h6-7,9-10,15H,4-5,8,11H2,1-3H3,(H,21,22)(H,23,24). The lowest BCUT2D eigenvalue weighted by atomic mass is 10.0. The van der Waals surface area contributed by atoms with Gasteiger partial charge < -0.3 is 15.2 Å². The molecule has 3 aromatic heterocycles. The first-order valence-corrected chi connectivity index (χ1v) is 9.32. The number of fused-ring (bicyclic) bond motifs is 1. The fourth-order valence-electron chi connectivity index (χ4n) is 3.59. The van der Waals surface area contributed by atoms with Gasteiger partial charge in [-0.15, -0.1) is 0 Å². The second-order valence-corrected chi connectivity index (χ2v) is 7.22. The van der Waals surface area contributed by atoms with Crippen LogP contribution in [0, 0.1) is 13.8 Å². The molecule has 140 valence electrons. The number of carbonyl (C=O) groups is 1. The number of nitrogens with zero attached hydrogens (tertiary/aromatic N) is 4. The number of pyridine rings is 1. The summed E-state index contributed by atoms with van der Waals surface area (Å²) in [4.78, 5) is 30.8. The van der Waals surface area contributed by atoms with Crippen molar-refractivity contribution in [2.75, 3.05) is 18.4 Å². The summed E-state index contributed by atoms with van der Waals surface area (Å²) in [6.45, 7) is 7.15. The van der Waals surface area contributed by atoms with Crippen molar-refractivity contribution in [3.05, 3.63) is 35.8 Å². The summed E-state index contributed by atoms with van der Waals surface area (Å²) in [7, 11) is 0. The van der Waals surface area contributed by atoms with E-state index in [0.29, 0.717) is 6.54 Å². The SMILES string of the molecule is CC(=O)N1CCCC(Nc2nc(C)ccc2-c2cnc3[nH]cc(C)c3n2)C1. The molecule has 2 N–H and O–H groups in total. The van der Waals surface area contributed by atoms with Crippen molar-refractivity contribution >= 4 is 22.9 Å². The van der Waals surface area contributed by atoms with Gasteiger partial charge in [-0.3, -0.25) is 4.79 Å². The number of likely N-dealkylation sites (tertiary alicyclic amines) is 1. The van der Waals surface area contributed by atoms with Gasteiger partial charge in [0.1, 0.15) is 11.3 Å². The predicted molar refractivity (Wildman–Crippen MR) is 105 cm³/mol. The molecular weight excluding hydrogens is 340 g/mol. The fraction of sp³-hybridized carbons (Fsp3) is 0.400. The molecule has 0 aliphatic carbocycles. The van der Waals surface area contributed by atoms with Crippen LogP contribution >= 0.6 is 0 Å². The van der Waals surface area contributed by atoms with Gasteiger partial charge in [-0.2, -0.15) is 0 Å². The van der Waals surface area contributed by atoms with E-state index in [-0.39, 0.29) is 11.9 Å². The molecule has 1 fully saturated rings. The molecule has 1 unspecified atom stereocenters. The predicted octanol–water partition coefficient (Wildman–Crippen LogP) is 3.06. The highest BCUT2D eigenvalue weighted by Gasteiger charge is 2.23. The largest absolute Gasteiger partial charge is 0.365 e. The number of anilines is 1. The highest BCUT2D eigenvalue weighted by atomic mass is 16.2. The molecule has 1 saturated heterocycles. The minimum absolute atomic E-state index is 0.123. The van der Waals surface area contributed by atoms with Crippen LogP contribution in [-0.4, -0.2) is 49.9 Å². The molecule has 3 aromatic rings. The summed E-state index contributed by atoms with van der Waals surface area (Å²) in [5.74, 6) is 0.922. The number of hydrogen-bond acceptors (Lipinski definition) is 5. The lowest BCUT2D eigenvalue weighted by Crippen LogP contribution is -2.44. The molecule has 7 nitrogen and oxygen atoms in total. The molecule has 1 aliphatic heterocycles. The summed E-state index contributed by atoms with van der Waals surface area (Å²) >= 11 is 0. The molecule has 27 heavy (non-hydrogen) atoms. The maximum absolute atomic E-state index is 11.7. The average Bonchev–Trinajstić information content (AvgIpc) is 3.02. The van der Waals surface area contributed by atoms with Gasteiger partial charge in [-0.05, 0) is 44.4 Å². The van der Waals surface area contributed by atoms with Crippen LogP contribution < -0.4 is 5.32 Å². The summed E-state index contributed by atoms with van der Waals surface area (Å²) in [6, 6.07) is 4.20. The number of aromatic nitrogens is 4. The summed E-state index contributed by atoms with van der Waals surface area (Å²) < 4.78 is 0. The Hall–Kier alpha value is -2.96. The lowest BCUT2D eigenvalue weighted by Gasteiger charge is -2.33. The number of aromatic amines is 1. The van der Waals surface area contributed by atoms with Gasteiger partial charge >= 0.3 is 0 Å². The van der Waals surface area contributed by atoms with Crippen LogP contribution in [0.5, 0.6) is 0 Å². The highest BCUT2D eigenvalue weighted by molar-refractivity contribution is 5.80. The number of piperidine rings is 1. The molecule has 1 amide bonds. The lowest BCUT2D eigenvalue weighted by molar-refractivity contribution is -0.129. The normalized spacial score (nSPS) is 17.3. The third-order valence-electron chi connectivity index (χ3n) is 5.09. The van der Waals surface area contributed by atoms with E-state index in [4.69, 9.17) is 9.97 Å². The Morgan fingerprint density at radius 2 is 2.15 bits per heavy atom. The number of amides is 1.